The second-order valence-electron chi connectivity index (χ2n) is 5.08. The molecule has 0 spiro atoms. The normalized spacial score (nSPS) is 10.8. The van der Waals surface area contributed by atoms with E-state index in [2.05, 4.69) is 10.3 Å². The maximum absolute atomic E-state index is 12.5. The number of carbonyl (C=O) groups excluding carboxylic acids is 2. The molecule has 0 saturated carbocycles. The Bertz CT molecular complexity index is 946. The standard InChI is InChI=1S/C17H16N2O3S3/c1-4-22-16(21)13-9(2)12-15(24-13)19-17(25-12)18-14(20)10-7-5-6-8-11(10)23-3/h5-8H,4H2,1-3H3,(H,18,19,20). The smallest absolute Gasteiger partial charge is 0.348 e. The third-order valence-electron chi connectivity index (χ3n) is 3.51. The fraction of sp³-hybridized carbons (Fsp3) is 0.235. The molecule has 0 fully saturated rings. The molecule has 0 atom stereocenters. The van der Waals surface area contributed by atoms with Crippen LogP contribution in [0.1, 0.15) is 32.5 Å². The van der Waals surface area contributed by atoms with Gasteiger partial charge in [-0.2, -0.15) is 0 Å². The lowest BCUT2D eigenvalue weighted by molar-refractivity contribution is 0.0531. The first-order valence-corrected chi connectivity index (χ1v) is 10.4. The Morgan fingerprint density at radius 2 is 2.04 bits per heavy atom. The minimum atomic E-state index is -0.324. The van der Waals surface area contributed by atoms with E-state index in [0.717, 1.165) is 20.0 Å². The van der Waals surface area contributed by atoms with Gasteiger partial charge in [0.2, 0.25) is 0 Å². The number of thiazole rings is 1. The van der Waals surface area contributed by atoms with Gasteiger partial charge >= 0.3 is 5.97 Å². The number of rotatable bonds is 5. The van der Waals surface area contributed by atoms with Crippen LogP contribution in [0.4, 0.5) is 5.13 Å². The molecule has 25 heavy (non-hydrogen) atoms. The molecule has 0 aliphatic rings. The lowest BCUT2D eigenvalue weighted by Gasteiger charge is -2.06. The van der Waals surface area contributed by atoms with E-state index >= 15 is 0 Å². The second-order valence-corrected chi connectivity index (χ2v) is 7.93. The van der Waals surface area contributed by atoms with Gasteiger partial charge in [0.1, 0.15) is 9.71 Å². The number of aromatic nitrogens is 1. The highest BCUT2D eigenvalue weighted by Gasteiger charge is 2.21. The van der Waals surface area contributed by atoms with Gasteiger partial charge in [-0.15, -0.1) is 23.1 Å². The van der Waals surface area contributed by atoms with Gasteiger partial charge in [-0.3, -0.25) is 10.1 Å². The average molecular weight is 393 g/mol. The summed E-state index contributed by atoms with van der Waals surface area (Å²) in [6, 6.07) is 7.45. The van der Waals surface area contributed by atoms with E-state index in [1.807, 2.05) is 31.4 Å². The van der Waals surface area contributed by atoms with Crippen molar-refractivity contribution in [3.63, 3.8) is 0 Å². The van der Waals surface area contributed by atoms with E-state index in [1.54, 1.807) is 13.0 Å². The monoisotopic (exact) mass is 392 g/mol. The Labute approximate surface area is 157 Å². The van der Waals surface area contributed by atoms with Gasteiger partial charge in [-0.05, 0) is 37.8 Å². The van der Waals surface area contributed by atoms with Gasteiger partial charge in [0.25, 0.3) is 5.91 Å². The first kappa shape index (κ1) is 17.9. The van der Waals surface area contributed by atoms with Gasteiger partial charge in [0.15, 0.2) is 5.13 Å². The third-order valence-corrected chi connectivity index (χ3v) is 6.69. The first-order valence-electron chi connectivity index (χ1n) is 7.56. The van der Waals surface area contributed by atoms with Crippen molar-refractivity contribution in [2.45, 2.75) is 18.7 Å². The minimum absolute atomic E-state index is 0.186. The number of esters is 1. The number of nitrogens with zero attached hydrogens (tertiary/aromatic N) is 1. The number of amides is 1. The molecule has 1 aromatic carbocycles. The molecule has 8 heteroatoms. The number of ether oxygens (including phenoxy) is 1. The van der Waals surface area contributed by atoms with Gasteiger partial charge < -0.3 is 4.74 Å². The average Bonchev–Trinajstić information content (AvgIpc) is 3.14. The van der Waals surface area contributed by atoms with E-state index in [9.17, 15) is 9.59 Å². The molecule has 1 amide bonds. The van der Waals surface area contributed by atoms with E-state index in [1.165, 1.54) is 34.4 Å². The molecule has 3 aromatic rings. The number of fused-ring (bicyclic) bond motifs is 1. The topological polar surface area (TPSA) is 68.3 Å². The fourth-order valence-corrected chi connectivity index (χ4v) is 5.13. The van der Waals surface area contributed by atoms with Gasteiger partial charge in [-0.1, -0.05) is 23.5 Å². The number of anilines is 1. The van der Waals surface area contributed by atoms with Crippen LogP contribution < -0.4 is 5.32 Å². The predicted octanol–water partition coefficient (Wildman–Crippen LogP) is 4.82. The highest BCUT2D eigenvalue weighted by atomic mass is 32.2. The van der Waals surface area contributed by atoms with Crippen LogP contribution >= 0.6 is 34.4 Å². The Morgan fingerprint density at radius 3 is 2.72 bits per heavy atom. The fourth-order valence-electron chi connectivity index (χ4n) is 2.33. The van der Waals surface area contributed by atoms with Crippen molar-refractivity contribution >= 4 is 61.0 Å². The zero-order valence-corrected chi connectivity index (χ0v) is 16.4. The van der Waals surface area contributed by atoms with E-state index in [-0.39, 0.29) is 11.9 Å². The van der Waals surface area contributed by atoms with Gasteiger partial charge in [0.05, 0.1) is 16.9 Å². The van der Waals surface area contributed by atoms with Gasteiger partial charge in [-0.25, -0.2) is 9.78 Å². The third kappa shape index (κ3) is 3.56. The Kier molecular flexibility index (Phi) is 5.41. The van der Waals surface area contributed by atoms with Crippen LogP contribution in [0.15, 0.2) is 29.2 Å². The quantitative estimate of drug-likeness (QED) is 0.498. The van der Waals surface area contributed by atoms with Crippen LogP contribution in [0.3, 0.4) is 0 Å². The largest absolute Gasteiger partial charge is 0.462 e. The number of nitrogens with one attached hydrogen (secondary N) is 1. The van der Waals surface area contributed by atoms with Crippen molar-refractivity contribution in [2.24, 2.45) is 0 Å². The Balaban J connectivity index is 1.85. The molecule has 0 bridgehead atoms. The van der Waals surface area contributed by atoms with Crippen molar-refractivity contribution in [1.29, 1.82) is 0 Å². The number of thioether (sulfide) groups is 1. The molecule has 1 N–H and O–H groups in total. The molecular formula is C17H16N2O3S3. The van der Waals surface area contributed by atoms with Crippen LogP contribution in [-0.2, 0) is 4.74 Å². The summed E-state index contributed by atoms with van der Waals surface area (Å²) < 4.78 is 5.97. The number of carbonyl (C=O) groups is 2. The minimum Gasteiger partial charge on any atom is -0.462 e. The summed E-state index contributed by atoms with van der Waals surface area (Å²) in [7, 11) is 0. The number of hydrogen-bond donors (Lipinski definition) is 1. The summed E-state index contributed by atoms with van der Waals surface area (Å²) in [5.41, 5.74) is 1.47. The molecule has 3 rings (SSSR count). The molecule has 0 saturated heterocycles. The van der Waals surface area contributed by atoms with E-state index in [4.69, 9.17) is 4.74 Å². The maximum atomic E-state index is 12.5. The molecule has 0 radical (unpaired) electrons. The molecule has 0 aliphatic heterocycles. The maximum Gasteiger partial charge on any atom is 0.348 e. The highest BCUT2D eigenvalue weighted by Crippen LogP contribution is 2.37. The zero-order chi connectivity index (χ0) is 18.0. The van der Waals surface area contributed by atoms with Crippen molar-refractivity contribution in [3.8, 4) is 0 Å². The lowest BCUT2D eigenvalue weighted by Crippen LogP contribution is -2.12. The van der Waals surface area contributed by atoms with Crippen molar-refractivity contribution in [1.82, 2.24) is 4.98 Å². The second kappa shape index (κ2) is 7.55. The van der Waals surface area contributed by atoms with Crippen LogP contribution in [0, 0.1) is 6.92 Å². The highest BCUT2D eigenvalue weighted by molar-refractivity contribution is 7.98. The SMILES string of the molecule is CCOC(=O)c1sc2nc(NC(=O)c3ccccc3SC)sc2c1C. The van der Waals surface area contributed by atoms with Crippen LogP contribution in [0.5, 0.6) is 0 Å². The molecule has 130 valence electrons. The summed E-state index contributed by atoms with van der Waals surface area (Å²) in [4.78, 5) is 31.1. The van der Waals surface area contributed by atoms with E-state index in [0.29, 0.717) is 22.2 Å². The predicted molar refractivity (Wildman–Crippen MR) is 104 cm³/mol. The van der Waals surface area contributed by atoms with Crippen LogP contribution in [0.25, 0.3) is 9.53 Å². The molecule has 0 aliphatic carbocycles. The van der Waals surface area contributed by atoms with Gasteiger partial charge in [0, 0.05) is 4.90 Å². The Morgan fingerprint density at radius 1 is 1.28 bits per heavy atom. The van der Waals surface area contributed by atoms with Crippen molar-refractivity contribution in [3.05, 3.63) is 40.3 Å². The van der Waals surface area contributed by atoms with Crippen LogP contribution in [-0.4, -0.2) is 29.7 Å². The summed E-state index contributed by atoms with van der Waals surface area (Å²) in [5, 5.41) is 3.38. The first-order chi connectivity index (χ1) is 12.0. The van der Waals surface area contributed by atoms with E-state index < -0.39 is 0 Å². The molecule has 0 unspecified atom stereocenters. The van der Waals surface area contributed by atoms with Crippen LogP contribution in [0.2, 0.25) is 0 Å². The zero-order valence-electron chi connectivity index (χ0n) is 13.9. The molecular weight excluding hydrogens is 376 g/mol. The van der Waals surface area contributed by atoms with Crippen molar-refractivity contribution < 1.29 is 14.3 Å². The Hall–Kier alpha value is -1.90. The summed E-state index contributed by atoms with van der Waals surface area (Å²) in [5.74, 6) is -0.510. The molecule has 2 heterocycles. The molecule has 2 aromatic heterocycles. The lowest BCUT2D eigenvalue weighted by atomic mass is 10.2. The molecule has 5 nitrogen and oxygen atoms in total. The van der Waals surface area contributed by atoms with Crippen molar-refractivity contribution in [2.75, 3.05) is 18.2 Å². The summed E-state index contributed by atoms with van der Waals surface area (Å²) in [6.45, 7) is 3.99. The number of aryl methyl sites for hydroxylation is 1. The number of thiophene rings is 1. The number of hydrogen-bond acceptors (Lipinski definition) is 7. The summed E-state index contributed by atoms with van der Waals surface area (Å²) >= 11 is 4.19. The summed E-state index contributed by atoms with van der Waals surface area (Å²) in [6.07, 6.45) is 1.94. The number of benzene rings is 1.